The second-order valence-electron chi connectivity index (χ2n) is 6.24. The van der Waals surface area contributed by atoms with Crippen LogP contribution in [-0.4, -0.2) is 31.3 Å². The van der Waals surface area contributed by atoms with Gasteiger partial charge in [0.25, 0.3) is 15.0 Å². The van der Waals surface area contributed by atoms with Gasteiger partial charge in [0.05, 0.1) is 4.90 Å². The lowest BCUT2D eigenvalue weighted by molar-refractivity contribution is 0.0651. The topological polar surface area (TPSA) is 54.5 Å². The van der Waals surface area contributed by atoms with Crippen molar-refractivity contribution in [2.24, 2.45) is 0 Å². The van der Waals surface area contributed by atoms with Crippen molar-refractivity contribution in [2.45, 2.75) is 51.0 Å². The third-order valence-electron chi connectivity index (χ3n) is 4.16. The molecule has 1 aliphatic heterocycles. The van der Waals surface area contributed by atoms with Gasteiger partial charge in [0, 0.05) is 28.3 Å². The highest BCUT2D eigenvalue weighted by Crippen LogP contribution is 2.32. The van der Waals surface area contributed by atoms with E-state index in [-0.39, 0.29) is 16.3 Å². The van der Waals surface area contributed by atoms with Crippen molar-refractivity contribution in [2.75, 3.05) is 6.54 Å². The quantitative estimate of drug-likeness (QED) is 0.783. The summed E-state index contributed by atoms with van der Waals surface area (Å²) in [7, 11) is 1.60. The van der Waals surface area contributed by atoms with E-state index in [1.165, 1.54) is 6.07 Å². The zero-order chi connectivity index (χ0) is 16.0. The van der Waals surface area contributed by atoms with Crippen LogP contribution < -0.4 is 0 Å². The van der Waals surface area contributed by atoms with Crippen LogP contribution >= 0.6 is 10.7 Å². The Bertz CT molecular complexity index is 695. The molecule has 0 radical (unpaired) electrons. The molecule has 0 atom stereocenters. The second kappa shape index (κ2) is 5.29. The molecule has 0 bridgehead atoms. The van der Waals surface area contributed by atoms with Crippen molar-refractivity contribution in [3.63, 3.8) is 0 Å². The smallest absolute Gasteiger partial charge is 0.261 e. The van der Waals surface area contributed by atoms with Gasteiger partial charge in [-0.05, 0) is 57.7 Å². The standard InChI is InChI=1S/C15H20ClNO3S/c1-10-8-11(2)13(21(16,19)20)9-12(10)14(18)17-7-5-6-15(17,3)4/h8-9H,5-7H2,1-4H3. The summed E-state index contributed by atoms with van der Waals surface area (Å²) in [6.45, 7) is 8.24. The van der Waals surface area contributed by atoms with E-state index in [0.29, 0.717) is 17.7 Å². The van der Waals surface area contributed by atoms with Gasteiger partial charge in [-0.3, -0.25) is 4.79 Å². The fourth-order valence-electron chi connectivity index (χ4n) is 2.95. The Kier molecular flexibility index (Phi) is 4.10. The molecule has 2 rings (SSSR count). The number of halogens is 1. The van der Waals surface area contributed by atoms with Crippen molar-refractivity contribution < 1.29 is 13.2 Å². The van der Waals surface area contributed by atoms with E-state index in [9.17, 15) is 13.2 Å². The van der Waals surface area contributed by atoms with Gasteiger partial charge >= 0.3 is 0 Å². The minimum atomic E-state index is -3.86. The van der Waals surface area contributed by atoms with Gasteiger partial charge < -0.3 is 4.90 Å². The lowest BCUT2D eigenvalue weighted by Gasteiger charge is -2.32. The van der Waals surface area contributed by atoms with E-state index < -0.39 is 9.05 Å². The Morgan fingerprint density at radius 1 is 1.24 bits per heavy atom. The predicted molar refractivity (Wildman–Crippen MR) is 83.3 cm³/mol. The number of carbonyl (C=O) groups is 1. The summed E-state index contributed by atoms with van der Waals surface area (Å²) >= 11 is 0. The molecule has 1 saturated heterocycles. The number of benzene rings is 1. The minimum absolute atomic E-state index is 0.00937. The van der Waals surface area contributed by atoms with E-state index in [4.69, 9.17) is 10.7 Å². The molecule has 1 aliphatic rings. The largest absolute Gasteiger partial charge is 0.334 e. The third-order valence-corrected chi connectivity index (χ3v) is 5.63. The zero-order valence-electron chi connectivity index (χ0n) is 12.7. The molecule has 1 aromatic rings. The molecule has 0 saturated carbocycles. The van der Waals surface area contributed by atoms with Gasteiger partial charge in [-0.25, -0.2) is 8.42 Å². The summed E-state index contributed by atoms with van der Waals surface area (Å²) in [6.07, 6.45) is 1.91. The summed E-state index contributed by atoms with van der Waals surface area (Å²) in [5.74, 6) is -0.128. The lowest BCUT2D eigenvalue weighted by atomic mass is 9.99. The monoisotopic (exact) mass is 329 g/mol. The van der Waals surface area contributed by atoms with E-state index in [1.807, 2.05) is 25.7 Å². The van der Waals surface area contributed by atoms with E-state index >= 15 is 0 Å². The van der Waals surface area contributed by atoms with Crippen molar-refractivity contribution in [3.8, 4) is 0 Å². The Labute approximate surface area is 130 Å². The number of amides is 1. The lowest BCUT2D eigenvalue weighted by Crippen LogP contribution is -2.42. The number of aryl methyl sites for hydroxylation is 2. The molecule has 21 heavy (non-hydrogen) atoms. The fourth-order valence-corrected chi connectivity index (χ4v) is 4.16. The van der Waals surface area contributed by atoms with Gasteiger partial charge in [-0.15, -0.1) is 0 Å². The molecule has 6 heteroatoms. The highest BCUT2D eigenvalue weighted by Gasteiger charge is 2.36. The first kappa shape index (κ1) is 16.3. The molecule has 1 amide bonds. The van der Waals surface area contributed by atoms with Crippen LogP contribution in [0.15, 0.2) is 17.0 Å². The minimum Gasteiger partial charge on any atom is -0.334 e. The molecular formula is C15H20ClNO3S. The van der Waals surface area contributed by atoms with Gasteiger partial charge in [0.15, 0.2) is 0 Å². The van der Waals surface area contributed by atoms with Gasteiger partial charge in [-0.1, -0.05) is 6.07 Å². The first-order valence-corrected chi connectivity index (χ1v) is 9.23. The zero-order valence-corrected chi connectivity index (χ0v) is 14.3. The first-order valence-electron chi connectivity index (χ1n) is 6.92. The number of hydrogen-bond acceptors (Lipinski definition) is 3. The van der Waals surface area contributed by atoms with Gasteiger partial charge in [0.1, 0.15) is 0 Å². The number of rotatable bonds is 2. The molecule has 0 unspecified atom stereocenters. The highest BCUT2D eigenvalue weighted by molar-refractivity contribution is 8.13. The molecule has 0 aromatic heterocycles. The van der Waals surface area contributed by atoms with E-state index in [1.54, 1.807) is 13.0 Å². The Morgan fingerprint density at radius 3 is 2.33 bits per heavy atom. The molecule has 1 aromatic carbocycles. The maximum Gasteiger partial charge on any atom is 0.261 e. The molecular weight excluding hydrogens is 310 g/mol. The van der Waals surface area contributed by atoms with Crippen molar-refractivity contribution >= 4 is 25.6 Å². The van der Waals surface area contributed by atoms with Crippen LogP contribution in [0.3, 0.4) is 0 Å². The van der Waals surface area contributed by atoms with Gasteiger partial charge in [0.2, 0.25) is 0 Å². The fraction of sp³-hybridized carbons (Fsp3) is 0.533. The Morgan fingerprint density at radius 2 is 1.86 bits per heavy atom. The van der Waals surface area contributed by atoms with Crippen LogP contribution in [0.2, 0.25) is 0 Å². The molecule has 1 fully saturated rings. The molecule has 0 spiro atoms. The molecule has 0 aliphatic carbocycles. The van der Waals surface area contributed by atoms with E-state index in [2.05, 4.69) is 0 Å². The van der Waals surface area contributed by atoms with Crippen LogP contribution in [0.25, 0.3) is 0 Å². The number of likely N-dealkylation sites (tertiary alicyclic amines) is 1. The summed E-state index contributed by atoms with van der Waals surface area (Å²) < 4.78 is 23.3. The average molecular weight is 330 g/mol. The van der Waals surface area contributed by atoms with Crippen LogP contribution in [0.4, 0.5) is 0 Å². The summed E-state index contributed by atoms with van der Waals surface area (Å²) in [4.78, 5) is 14.6. The molecule has 4 nitrogen and oxygen atoms in total. The maximum absolute atomic E-state index is 12.8. The summed E-state index contributed by atoms with van der Waals surface area (Å²) in [5, 5.41) is 0. The van der Waals surface area contributed by atoms with Crippen LogP contribution in [0.5, 0.6) is 0 Å². The van der Waals surface area contributed by atoms with Crippen LogP contribution in [0.1, 0.15) is 48.2 Å². The predicted octanol–water partition coefficient (Wildman–Crippen LogP) is 3.25. The molecule has 0 N–H and O–H groups in total. The van der Waals surface area contributed by atoms with Crippen molar-refractivity contribution in [1.29, 1.82) is 0 Å². The maximum atomic E-state index is 12.8. The highest BCUT2D eigenvalue weighted by atomic mass is 35.7. The van der Waals surface area contributed by atoms with E-state index in [0.717, 1.165) is 18.4 Å². The number of hydrogen-bond donors (Lipinski definition) is 0. The second-order valence-corrected chi connectivity index (χ2v) is 8.78. The normalized spacial score (nSPS) is 18.0. The third kappa shape index (κ3) is 3.09. The summed E-state index contributed by atoms with van der Waals surface area (Å²) in [6, 6.07) is 3.11. The Balaban J connectivity index is 2.52. The summed E-state index contributed by atoms with van der Waals surface area (Å²) in [5.41, 5.74) is 1.54. The molecule has 1 heterocycles. The average Bonchev–Trinajstić information content (AvgIpc) is 2.66. The number of carbonyl (C=O) groups excluding carboxylic acids is 1. The first-order chi connectivity index (χ1) is 9.54. The van der Waals surface area contributed by atoms with Crippen molar-refractivity contribution in [3.05, 3.63) is 28.8 Å². The van der Waals surface area contributed by atoms with Crippen molar-refractivity contribution in [1.82, 2.24) is 4.90 Å². The SMILES string of the molecule is Cc1cc(C)c(S(=O)(=O)Cl)cc1C(=O)N1CCCC1(C)C. The molecule has 116 valence electrons. The van der Waals surface area contributed by atoms with Crippen LogP contribution in [0, 0.1) is 13.8 Å². The van der Waals surface area contributed by atoms with Crippen LogP contribution in [-0.2, 0) is 9.05 Å². The number of nitrogens with zero attached hydrogens (tertiary/aromatic N) is 1. The Hall–Kier alpha value is -1.07. The van der Waals surface area contributed by atoms with Gasteiger partial charge in [-0.2, -0.15) is 0 Å².